The molecule has 0 radical (unpaired) electrons. The van der Waals surface area contributed by atoms with Crippen LogP contribution in [0.1, 0.15) is 55.4 Å². The Morgan fingerprint density at radius 2 is 1.93 bits per heavy atom. The molecule has 0 bridgehead atoms. The lowest BCUT2D eigenvalue weighted by Gasteiger charge is -2.31. The first kappa shape index (κ1) is 19.4. The minimum Gasteiger partial charge on any atom is -0.349 e. The summed E-state index contributed by atoms with van der Waals surface area (Å²) < 4.78 is 1.84. The predicted molar refractivity (Wildman–Crippen MR) is 113 cm³/mol. The van der Waals surface area contributed by atoms with E-state index in [1.807, 2.05) is 22.9 Å². The average Bonchev–Trinajstić information content (AvgIpc) is 3.48. The van der Waals surface area contributed by atoms with Crippen molar-refractivity contribution in [3.8, 4) is 5.13 Å². The van der Waals surface area contributed by atoms with E-state index in [9.17, 15) is 4.79 Å². The quantitative estimate of drug-likeness (QED) is 0.771. The molecule has 1 aliphatic carbocycles. The van der Waals surface area contributed by atoms with Gasteiger partial charge in [0.2, 0.25) is 10.3 Å². The molecule has 4 rings (SSSR count). The Morgan fingerprint density at radius 1 is 1.18 bits per heavy atom. The van der Waals surface area contributed by atoms with Gasteiger partial charge >= 0.3 is 0 Å². The van der Waals surface area contributed by atoms with Crippen molar-refractivity contribution in [2.75, 3.05) is 38.1 Å². The summed E-state index contributed by atoms with van der Waals surface area (Å²) in [6.07, 6.45) is 10.9. The molecule has 2 aromatic rings. The average molecular weight is 403 g/mol. The third kappa shape index (κ3) is 4.38. The molecule has 28 heavy (non-hydrogen) atoms. The smallest absolute Gasteiger partial charge is 0.268 e. The van der Waals surface area contributed by atoms with Crippen LogP contribution in [0.25, 0.3) is 5.13 Å². The van der Waals surface area contributed by atoms with Crippen molar-refractivity contribution < 1.29 is 4.79 Å². The fourth-order valence-electron chi connectivity index (χ4n) is 4.22. The molecule has 2 fully saturated rings. The molecule has 1 amide bonds. The van der Waals surface area contributed by atoms with Crippen LogP contribution in [0, 0.1) is 0 Å². The largest absolute Gasteiger partial charge is 0.349 e. The molecule has 1 N–H and O–H groups in total. The lowest BCUT2D eigenvalue weighted by molar-refractivity contribution is 0.0938. The molecule has 0 spiro atoms. The van der Waals surface area contributed by atoms with Crippen LogP contribution < -0.4 is 10.2 Å². The van der Waals surface area contributed by atoms with E-state index < -0.39 is 0 Å². The first-order valence-corrected chi connectivity index (χ1v) is 11.3. The van der Waals surface area contributed by atoms with Gasteiger partial charge in [0, 0.05) is 38.4 Å². The second-order valence-electron chi connectivity index (χ2n) is 7.85. The maximum Gasteiger partial charge on any atom is 0.268 e. The monoisotopic (exact) mass is 402 g/mol. The van der Waals surface area contributed by atoms with Crippen molar-refractivity contribution in [1.82, 2.24) is 25.0 Å². The highest BCUT2D eigenvalue weighted by Crippen LogP contribution is 2.27. The fraction of sp³-hybridized carbons (Fsp3) is 0.650. The number of hydrogen-bond donors (Lipinski definition) is 1. The molecule has 1 saturated heterocycles. The standard InChI is InChI=1S/C20H30N6OS/c1-24(16-8-3-2-4-9-16)15-11-21-18(27)17-10-7-14-26(17)20-23-22-19(28-20)25-12-5-6-13-25/h7,10,14,16H,2-6,8-9,11-13,15H2,1H3,(H,21,27). The van der Waals surface area contributed by atoms with Gasteiger partial charge in [0.1, 0.15) is 5.69 Å². The van der Waals surface area contributed by atoms with E-state index in [1.165, 1.54) is 44.9 Å². The van der Waals surface area contributed by atoms with E-state index in [-0.39, 0.29) is 5.91 Å². The molecule has 2 aliphatic rings. The lowest BCUT2D eigenvalue weighted by atomic mass is 9.94. The van der Waals surface area contributed by atoms with E-state index in [0.29, 0.717) is 18.3 Å². The van der Waals surface area contributed by atoms with Crippen LogP contribution in [0.3, 0.4) is 0 Å². The first-order chi connectivity index (χ1) is 13.7. The minimum absolute atomic E-state index is 0.0556. The normalized spacial score (nSPS) is 18.1. The zero-order chi connectivity index (χ0) is 19.3. The van der Waals surface area contributed by atoms with Gasteiger partial charge in [-0.15, -0.1) is 10.2 Å². The number of anilines is 1. The molecule has 1 aliphatic heterocycles. The third-order valence-corrected chi connectivity index (χ3v) is 6.90. The van der Waals surface area contributed by atoms with Crippen molar-refractivity contribution in [2.45, 2.75) is 51.0 Å². The molecule has 1 saturated carbocycles. The number of carbonyl (C=O) groups is 1. The van der Waals surface area contributed by atoms with Gasteiger partial charge in [0.25, 0.3) is 5.91 Å². The molecule has 8 heteroatoms. The van der Waals surface area contributed by atoms with Crippen molar-refractivity contribution in [3.63, 3.8) is 0 Å². The van der Waals surface area contributed by atoms with Crippen molar-refractivity contribution in [2.24, 2.45) is 0 Å². The van der Waals surface area contributed by atoms with Crippen LogP contribution in [0.4, 0.5) is 5.13 Å². The van der Waals surface area contributed by atoms with E-state index in [4.69, 9.17) is 0 Å². The number of nitrogens with one attached hydrogen (secondary N) is 1. The zero-order valence-electron chi connectivity index (χ0n) is 16.6. The number of carbonyl (C=O) groups excluding carboxylic acids is 1. The first-order valence-electron chi connectivity index (χ1n) is 10.5. The van der Waals surface area contributed by atoms with Gasteiger partial charge in [0.15, 0.2) is 0 Å². The number of likely N-dealkylation sites (N-methyl/N-ethyl adjacent to an activating group) is 1. The summed E-state index contributed by atoms with van der Waals surface area (Å²) in [7, 11) is 2.17. The summed E-state index contributed by atoms with van der Waals surface area (Å²) >= 11 is 1.55. The summed E-state index contributed by atoms with van der Waals surface area (Å²) in [6.45, 7) is 3.63. The maximum absolute atomic E-state index is 12.7. The van der Waals surface area contributed by atoms with Crippen molar-refractivity contribution >= 4 is 22.4 Å². The number of rotatable bonds is 7. The SMILES string of the molecule is CN(CCNC(=O)c1cccn1-c1nnc(N2CCCC2)s1)C1CCCCC1. The topological polar surface area (TPSA) is 66.3 Å². The van der Waals surface area contributed by atoms with E-state index in [2.05, 4.69) is 32.4 Å². The molecule has 152 valence electrons. The molecular weight excluding hydrogens is 372 g/mol. The maximum atomic E-state index is 12.7. The number of amides is 1. The van der Waals surface area contributed by atoms with Crippen LogP contribution in [0.2, 0.25) is 0 Å². The van der Waals surface area contributed by atoms with E-state index >= 15 is 0 Å². The summed E-state index contributed by atoms with van der Waals surface area (Å²) in [6, 6.07) is 4.40. The number of hydrogen-bond acceptors (Lipinski definition) is 6. The Balaban J connectivity index is 1.33. The number of nitrogens with zero attached hydrogens (tertiary/aromatic N) is 5. The van der Waals surface area contributed by atoms with Crippen molar-refractivity contribution in [3.05, 3.63) is 24.0 Å². The van der Waals surface area contributed by atoms with Gasteiger partial charge in [-0.25, -0.2) is 0 Å². The Bertz CT molecular complexity index is 775. The molecule has 7 nitrogen and oxygen atoms in total. The summed E-state index contributed by atoms with van der Waals surface area (Å²) in [4.78, 5) is 17.4. The highest BCUT2D eigenvalue weighted by atomic mass is 32.1. The van der Waals surface area contributed by atoms with Crippen LogP contribution in [-0.4, -0.2) is 64.8 Å². The summed E-state index contributed by atoms with van der Waals surface area (Å²) in [5.74, 6) is -0.0556. The Hall–Kier alpha value is -1.93. The zero-order valence-corrected chi connectivity index (χ0v) is 17.5. The second-order valence-corrected chi connectivity index (χ2v) is 8.79. The molecule has 0 unspecified atom stereocenters. The molecule has 3 heterocycles. The third-order valence-electron chi connectivity index (χ3n) is 5.92. The predicted octanol–water partition coefficient (Wildman–Crippen LogP) is 2.92. The Labute approximate surface area is 170 Å². The molecular formula is C20H30N6OS. The Morgan fingerprint density at radius 3 is 2.71 bits per heavy atom. The highest BCUT2D eigenvalue weighted by molar-refractivity contribution is 7.17. The van der Waals surface area contributed by atoms with Gasteiger partial charge in [-0.1, -0.05) is 30.6 Å². The fourth-order valence-corrected chi connectivity index (χ4v) is 5.11. The van der Waals surface area contributed by atoms with Crippen molar-refractivity contribution in [1.29, 1.82) is 0 Å². The van der Waals surface area contributed by atoms with Crippen LogP contribution >= 0.6 is 11.3 Å². The highest BCUT2D eigenvalue weighted by Gasteiger charge is 2.20. The van der Waals surface area contributed by atoms with E-state index in [1.54, 1.807) is 11.3 Å². The van der Waals surface area contributed by atoms with Gasteiger partial charge in [-0.05, 0) is 44.9 Å². The lowest BCUT2D eigenvalue weighted by Crippen LogP contribution is -2.39. The van der Waals surface area contributed by atoms with Gasteiger partial charge in [0.05, 0.1) is 0 Å². The minimum atomic E-state index is -0.0556. The van der Waals surface area contributed by atoms with Gasteiger partial charge < -0.3 is 15.1 Å². The second kappa shape index (κ2) is 9.05. The summed E-state index contributed by atoms with van der Waals surface area (Å²) in [5.41, 5.74) is 0.615. The van der Waals surface area contributed by atoms with Gasteiger partial charge in [-0.3, -0.25) is 9.36 Å². The molecule has 0 atom stereocenters. The summed E-state index contributed by atoms with van der Waals surface area (Å²) in [5, 5.41) is 13.4. The number of aromatic nitrogens is 3. The Kier molecular flexibility index (Phi) is 6.26. The van der Waals surface area contributed by atoms with E-state index in [0.717, 1.165) is 29.9 Å². The van der Waals surface area contributed by atoms with Crippen LogP contribution in [0.15, 0.2) is 18.3 Å². The molecule has 2 aromatic heterocycles. The van der Waals surface area contributed by atoms with Gasteiger partial charge in [-0.2, -0.15) is 0 Å². The van der Waals surface area contributed by atoms with Crippen LogP contribution in [0.5, 0.6) is 0 Å². The molecule has 0 aromatic carbocycles. The van der Waals surface area contributed by atoms with Crippen LogP contribution in [-0.2, 0) is 0 Å².